The van der Waals surface area contributed by atoms with E-state index in [4.69, 9.17) is 10.5 Å². The molecule has 0 fully saturated rings. The first-order chi connectivity index (χ1) is 12.7. The Bertz CT molecular complexity index is 951. The minimum atomic E-state index is -1.80. The maximum atomic E-state index is 13.0. The van der Waals surface area contributed by atoms with Gasteiger partial charge in [0, 0.05) is 13.6 Å². The lowest BCUT2D eigenvalue weighted by Crippen LogP contribution is -2.60. The first-order valence-corrected chi connectivity index (χ1v) is 8.45. The van der Waals surface area contributed by atoms with E-state index in [9.17, 15) is 14.4 Å². The average Bonchev–Trinajstić information content (AvgIpc) is 2.91. The van der Waals surface area contributed by atoms with Gasteiger partial charge in [-0.1, -0.05) is 12.1 Å². The second-order valence-electron chi connectivity index (χ2n) is 6.40. The molecule has 142 valence electrons. The number of aromatic nitrogens is 2. The molecular formula is C18H21N5O4. The van der Waals surface area contributed by atoms with Crippen molar-refractivity contribution in [2.75, 3.05) is 16.8 Å². The van der Waals surface area contributed by atoms with Crippen molar-refractivity contribution in [1.29, 1.82) is 0 Å². The zero-order chi connectivity index (χ0) is 19.9. The Morgan fingerprint density at radius 2 is 2.00 bits per heavy atom. The Morgan fingerprint density at radius 1 is 1.33 bits per heavy atom. The van der Waals surface area contributed by atoms with Gasteiger partial charge < -0.3 is 20.7 Å². The van der Waals surface area contributed by atoms with Crippen molar-refractivity contribution >= 4 is 29.1 Å². The van der Waals surface area contributed by atoms with Crippen LogP contribution < -0.4 is 20.7 Å². The van der Waals surface area contributed by atoms with Crippen LogP contribution >= 0.6 is 0 Å². The van der Waals surface area contributed by atoms with Gasteiger partial charge in [-0.2, -0.15) is 5.10 Å². The molecule has 2 aromatic rings. The summed E-state index contributed by atoms with van der Waals surface area (Å²) in [6.07, 6.45) is 0. The zero-order valence-electron chi connectivity index (χ0n) is 15.6. The van der Waals surface area contributed by atoms with E-state index >= 15 is 0 Å². The molecule has 27 heavy (non-hydrogen) atoms. The van der Waals surface area contributed by atoms with Gasteiger partial charge >= 0.3 is 0 Å². The smallest absolute Gasteiger partial charge is 0.280 e. The highest BCUT2D eigenvalue weighted by Gasteiger charge is 2.50. The molecule has 1 unspecified atom stereocenters. The normalized spacial score (nSPS) is 18.7. The third-order valence-corrected chi connectivity index (χ3v) is 4.68. The highest BCUT2D eigenvalue weighted by molar-refractivity contribution is 6.20. The monoisotopic (exact) mass is 371 g/mol. The third kappa shape index (κ3) is 2.80. The topological polar surface area (TPSA) is 120 Å². The molecule has 0 saturated heterocycles. The maximum absolute atomic E-state index is 13.0. The number of benzene rings is 1. The number of nitrogens with one attached hydrogen (secondary N) is 1. The average molecular weight is 371 g/mol. The molecule has 3 N–H and O–H groups in total. The Labute approximate surface area is 156 Å². The summed E-state index contributed by atoms with van der Waals surface area (Å²) in [6, 6.07) is 7.00. The van der Waals surface area contributed by atoms with Crippen LogP contribution in [0.3, 0.4) is 0 Å². The number of amides is 3. The maximum Gasteiger partial charge on any atom is 0.280 e. The fourth-order valence-corrected chi connectivity index (χ4v) is 3.02. The number of primary amides is 1. The molecule has 0 radical (unpaired) electrons. The number of fused-ring (bicyclic) bond motifs is 1. The summed E-state index contributed by atoms with van der Waals surface area (Å²) in [5, 5.41) is 6.61. The number of nitrogens with zero attached hydrogens (tertiary/aromatic N) is 3. The second-order valence-corrected chi connectivity index (χ2v) is 6.40. The molecule has 2 heterocycles. The molecule has 3 rings (SSSR count). The van der Waals surface area contributed by atoms with Crippen LogP contribution in [0.1, 0.15) is 30.0 Å². The molecule has 1 aromatic heterocycles. The molecule has 0 bridgehead atoms. The highest BCUT2D eigenvalue weighted by atomic mass is 16.5. The molecule has 9 nitrogen and oxygen atoms in total. The number of ether oxygens (including phenoxy) is 1. The number of rotatable bonds is 4. The van der Waals surface area contributed by atoms with Gasteiger partial charge in [-0.3, -0.25) is 19.1 Å². The minimum absolute atomic E-state index is 0.0806. The fourth-order valence-electron chi connectivity index (χ4n) is 3.02. The summed E-state index contributed by atoms with van der Waals surface area (Å²) in [7, 11) is 1.62. The van der Waals surface area contributed by atoms with Gasteiger partial charge in [0.15, 0.2) is 5.69 Å². The van der Waals surface area contributed by atoms with Crippen LogP contribution in [0.2, 0.25) is 0 Å². The van der Waals surface area contributed by atoms with E-state index in [-0.39, 0.29) is 11.4 Å². The predicted octanol–water partition coefficient (Wildman–Crippen LogP) is 0.970. The summed E-state index contributed by atoms with van der Waals surface area (Å²) >= 11 is 0. The van der Waals surface area contributed by atoms with E-state index in [0.717, 1.165) is 0 Å². The Hall–Kier alpha value is -3.36. The molecule has 1 atom stereocenters. The van der Waals surface area contributed by atoms with Crippen molar-refractivity contribution in [3.05, 3.63) is 35.7 Å². The fraction of sp³-hybridized carbons (Fsp3) is 0.333. The number of hydrogen-bond acceptors (Lipinski definition) is 5. The molecule has 9 heteroatoms. The number of hydrogen-bond donors (Lipinski definition) is 2. The van der Waals surface area contributed by atoms with Crippen molar-refractivity contribution in [1.82, 2.24) is 9.78 Å². The number of carbonyl (C=O) groups is 3. The van der Waals surface area contributed by atoms with Gasteiger partial charge in [-0.15, -0.1) is 0 Å². The number of aryl methyl sites for hydroxylation is 1. The van der Waals surface area contributed by atoms with Crippen molar-refractivity contribution in [2.24, 2.45) is 12.8 Å². The Balaban J connectivity index is 2.00. The lowest BCUT2D eigenvalue weighted by atomic mass is 9.99. The van der Waals surface area contributed by atoms with Crippen LogP contribution in [0.4, 0.5) is 11.4 Å². The molecule has 3 amide bonds. The molecule has 0 saturated carbocycles. The van der Waals surface area contributed by atoms with E-state index < -0.39 is 23.3 Å². The zero-order valence-corrected chi connectivity index (χ0v) is 15.6. The van der Waals surface area contributed by atoms with E-state index in [1.165, 1.54) is 16.5 Å². The van der Waals surface area contributed by atoms with Crippen LogP contribution in [-0.4, -0.2) is 39.6 Å². The number of likely N-dealkylation sites (N-methyl/N-ethyl adjacent to an activating group) is 1. The molecule has 1 aromatic carbocycles. The SMILES string of the molecule is CCN1C(=O)C(C)(C(=O)Nc2c(C(N)=O)nn(C)c2C)Oc2ccccc21. The third-order valence-electron chi connectivity index (χ3n) is 4.68. The number of para-hydroxylation sites is 2. The highest BCUT2D eigenvalue weighted by Crippen LogP contribution is 2.38. The number of carbonyl (C=O) groups excluding carboxylic acids is 3. The lowest BCUT2D eigenvalue weighted by Gasteiger charge is -2.39. The Kier molecular flexibility index (Phi) is 4.38. The summed E-state index contributed by atoms with van der Waals surface area (Å²) in [6.45, 7) is 5.27. The van der Waals surface area contributed by atoms with Gasteiger partial charge in [0.2, 0.25) is 0 Å². The minimum Gasteiger partial charge on any atom is -0.465 e. The van der Waals surface area contributed by atoms with E-state index in [1.807, 2.05) is 6.92 Å². The second kappa shape index (κ2) is 6.42. The van der Waals surface area contributed by atoms with Gasteiger partial charge in [-0.05, 0) is 32.9 Å². The van der Waals surface area contributed by atoms with Crippen LogP contribution in [0, 0.1) is 6.92 Å². The van der Waals surface area contributed by atoms with Crippen LogP contribution in [0.25, 0.3) is 0 Å². The van der Waals surface area contributed by atoms with Crippen LogP contribution in [0.5, 0.6) is 5.75 Å². The quantitative estimate of drug-likeness (QED) is 0.776. The molecule has 0 aliphatic carbocycles. The molecular weight excluding hydrogens is 350 g/mol. The molecule has 0 spiro atoms. The standard InChI is InChI=1S/C18H21N5O4/c1-5-23-11-8-6-7-9-12(11)27-18(3,17(23)26)16(25)20-13-10(2)22(4)21-14(13)15(19)24/h6-9H,5H2,1-4H3,(H2,19,24)(H,20,25). The van der Waals surface area contributed by atoms with E-state index in [1.54, 1.807) is 38.2 Å². The van der Waals surface area contributed by atoms with Gasteiger partial charge in [0.25, 0.3) is 23.3 Å². The summed E-state index contributed by atoms with van der Waals surface area (Å²) in [5.41, 5.74) is 4.75. The van der Waals surface area contributed by atoms with Crippen molar-refractivity contribution in [2.45, 2.75) is 26.4 Å². The van der Waals surface area contributed by atoms with E-state index in [0.29, 0.717) is 23.7 Å². The van der Waals surface area contributed by atoms with Gasteiger partial charge in [0.1, 0.15) is 5.75 Å². The number of anilines is 2. The molecule has 1 aliphatic heterocycles. The summed E-state index contributed by atoms with van der Waals surface area (Å²) in [5.74, 6) is -1.56. The van der Waals surface area contributed by atoms with Gasteiger partial charge in [-0.25, -0.2) is 0 Å². The lowest BCUT2D eigenvalue weighted by molar-refractivity contribution is -0.145. The largest absolute Gasteiger partial charge is 0.465 e. The van der Waals surface area contributed by atoms with Crippen molar-refractivity contribution < 1.29 is 19.1 Å². The predicted molar refractivity (Wildman–Crippen MR) is 98.6 cm³/mol. The summed E-state index contributed by atoms with van der Waals surface area (Å²) < 4.78 is 7.22. The van der Waals surface area contributed by atoms with Crippen LogP contribution in [-0.2, 0) is 16.6 Å². The van der Waals surface area contributed by atoms with Crippen LogP contribution in [0.15, 0.2) is 24.3 Å². The number of nitrogens with two attached hydrogens (primary N) is 1. The first-order valence-electron chi connectivity index (χ1n) is 8.45. The Morgan fingerprint density at radius 3 is 2.63 bits per heavy atom. The van der Waals surface area contributed by atoms with Crippen molar-refractivity contribution in [3.8, 4) is 5.75 Å². The first kappa shape index (κ1) is 18.4. The van der Waals surface area contributed by atoms with Gasteiger partial charge in [0.05, 0.1) is 17.1 Å². The van der Waals surface area contributed by atoms with E-state index in [2.05, 4.69) is 10.4 Å². The molecule has 1 aliphatic rings. The van der Waals surface area contributed by atoms with Crippen molar-refractivity contribution in [3.63, 3.8) is 0 Å². The summed E-state index contributed by atoms with van der Waals surface area (Å²) in [4.78, 5) is 39.2.